The number of pyridine rings is 1. The van der Waals surface area contributed by atoms with Gasteiger partial charge in [0.05, 0.1) is 5.69 Å². The second-order valence-corrected chi connectivity index (χ2v) is 9.78. The topological polar surface area (TPSA) is 12.9 Å². The lowest BCUT2D eigenvalue weighted by Gasteiger charge is -2.43. The summed E-state index contributed by atoms with van der Waals surface area (Å²) in [6.45, 7) is 14.1. The van der Waals surface area contributed by atoms with Gasteiger partial charge in [-0.1, -0.05) is 45.9 Å². The molecule has 1 aromatic carbocycles. The van der Waals surface area contributed by atoms with Crippen LogP contribution >= 0.6 is 0 Å². The van der Waals surface area contributed by atoms with Crippen LogP contribution in [0.25, 0.3) is 0 Å². The van der Waals surface area contributed by atoms with Gasteiger partial charge in [0.15, 0.2) is 0 Å². The fraction of sp³-hybridized carbons (Fsp3) is 0.542. The zero-order valence-electron chi connectivity index (χ0n) is 16.7. The lowest BCUT2D eigenvalue weighted by atomic mass is 9.62. The molecule has 2 aromatic rings. The Bertz CT molecular complexity index is 820. The summed E-state index contributed by atoms with van der Waals surface area (Å²) in [6.07, 6.45) is 7.02. The van der Waals surface area contributed by atoms with Crippen LogP contribution in [0.5, 0.6) is 0 Å². The van der Waals surface area contributed by atoms with Crippen LogP contribution in [0.15, 0.2) is 30.5 Å². The molecule has 0 saturated heterocycles. The number of rotatable bonds is 2. The first-order valence-corrected chi connectivity index (χ1v) is 9.75. The first-order chi connectivity index (χ1) is 11.7. The number of hydrogen-bond acceptors (Lipinski definition) is 1. The number of aryl methyl sites for hydroxylation is 2. The summed E-state index contributed by atoms with van der Waals surface area (Å²) in [6, 6.07) is 9.51. The summed E-state index contributed by atoms with van der Waals surface area (Å²) < 4.78 is 0. The molecule has 0 N–H and O–H groups in total. The van der Waals surface area contributed by atoms with Crippen LogP contribution in [-0.2, 0) is 16.2 Å². The summed E-state index contributed by atoms with van der Waals surface area (Å²) in [5, 5.41) is 0. The molecule has 0 radical (unpaired) electrons. The van der Waals surface area contributed by atoms with Crippen LogP contribution in [-0.4, -0.2) is 4.98 Å². The lowest BCUT2D eigenvalue weighted by molar-refractivity contribution is 0.331. The lowest BCUT2D eigenvalue weighted by Crippen LogP contribution is -2.34. The van der Waals surface area contributed by atoms with Crippen molar-refractivity contribution in [3.63, 3.8) is 0 Å². The van der Waals surface area contributed by atoms with Crippen LogP contribution < -0.4 is 0 Å². The fourth-order valence-electron chi connectivity index (χ4n) is 4.78. The molecule has 2 aliphatic carbocycles. The highest BCUT2D eigenvalue weighted by molar-refractivity contribution is 5.53. The Balaban J connectivity index is 1.89. The van der Waals surface area contributed by atoms with Gasteiger partial charge in [0.25, 0.3) is 0 Å². The Morgan fingerprint density at radius 2 is 1.36 bits per heavy atom. The van der Waals surface area contributed by atoms with Crippen LogP contribution in [0.1, 0.15) is 86.9 Å². The minimum atomic E-state index is 0.157. The smallest absolute Gasteiger partial charge is 0.0509 e. The van der Waals surface area contributed by atoms with Gasteiger partial charge in [-0.3, -0.25) is 4.98 Å². The second kappa shape index (κ2) is 5.19. The van der Waals surface area contributed by atoms with E-state index in [2.05, 4.69) is 65.8 Å². The summed E-state index contributed by atoms with van der Waals surface area (Å²) in [5.74, 6) is 0. The number of aromatic nitrogens is 1. The molecule has 1 nitrogen and oxygen atoms in total. The van der Waals surface area contributed by atoms with E-state index in [-0.39, 0.29) is 16.2 Å². The third-order valence-corrected chi connectivity index (χ3v) is 6.87. The van der Waals surface area contributed by atoms with E-state index < -0.39 is 0 Å². The average Bonchev–Trinajstić information content (AvgIpc) is 3.34. The maximum absolute atomic E-state index is 4.81. The van der Waals surface area contributed by atoms with E-state index >= 15 is 0 Å². The quantitative estimate of drug-likeness (QED) is 0.644. The van der Waals surface area contributed by atoms with Crippen molar-refractivity contribution in [3.05, 3.63) is 64.0 Å². The van der Waals surface area contributed by atoms with Gasteiger partial charge in [0.1, 0.15) is 0 Å². The first kappa shape index (κ1) is 16.8. The molecule has 1 heterocycles. The van der Waals surface area contributed by atoms with Gasteiger partial charge in [0, 0.05) is 11.6 Å². The molecule has 2 aliphatic rings. The SMILES string of the molecule is Cc1ccc(C2(c3cc4c(cc3C)C(C)(C)CCC4(C)C)CC2)nc1. The molecule has 1 fully saturated rings. The largest absolute Gasteiger partial charge is 0.260 e. The predicted octanol–water partition coefficient (Wildman–Crippen LogP) is 6.13. The van der Waals surface area contributed by atoms with Crippen molar-refractivity contribution in [2.45, 2.75) is 83.5 Å². The summed E-state index contributed by atoms with van der Waals surface area (Å²) in [7, 11) is 0. The highest BCUT2D eigenvalue weighted by atomic mass is 14.7. The maximum atomic E-state index is 4.81. The van der Waals surface area contributed by atoms with Crippen molar-refractivity contribution in [2.75, 3.05) is 0 Å². The molecule has 0 spiro atoms. The molecular weight excluding hydrogens is 302 g/mol. The van der Waals surface area contributed by atoms with Gasteiger partial charge < -0.3 is 0 Å². The fourth-order valence-corrected chi connectivity index (χ4v) is 4.78. The number of benzene rings is 1. The Morgan fingerprint density at radius 3 is 1.88 bits per heavy atom. The van der Waals surface area contributed by atoms with Gasteiger partial charge in [-0.05, 0) is 84.2 Å². The first-order valence-electron chi connectivity index (χ1n) is 9.75. The summed E-state index contributed by atoms with van der Waals surface area (Å²) >= 11 is 0. The van der Waals surface area contributed by atoms with E-state index in [0.717, 1.165) is 0 Å². The average molecular weight is 334 g/mol. The zero-order chi connectivity index (χ0) is 18.0. The normalized spacial score (nSPS) is 22.3. The maximum Gasteiger partial charge on any atom is 0.0509 e. The number of fused-ring (bicyclic) bond motifs is 1. The minimum absolute atomic E-state index is 0.157. The molecule has 1 aromatic heterocycles. The predicted molar refractivity (Wildman–Crippen MR) is 105 cm³/mol. The monoisotopic (exact) mass is 333 g/mol. The Kier molecular flexibility index (Phi) is 3.49. The standard InChI is InChI=1S/C24H31N/c1-16-7-8-21(25-15-16)24(11-12-24)18-14-20-19(13-17(18)2)22(3,4)9-10-23(20,5)6/h7-8,13-15H,9-12H2,1-6H3. The third-order valence-electron chi connectivity index (χ3n) is 6.87. The molecular formula is C24H31N. The Hall–Kier alpha value is -1.63. The van der Waals surface area contributed by atoms with Crippen LogP contribution in [0.3, 0.4) is 0 Å². The van der Waals surface area contributed by atoms with Crippen molar-refractivity contribution < 1.29 is 0 Å². The van der Waals surface area contributed by atoms with E-state index in [1.165, 1.54) is 48.1 Å². The molecule has 0 atom stereocenters. The second-order valence-electron chi connectivity index (χ2n) is 9.78. The van der Waals surface area contributed by atoms with Crippen LogP contribution in [0.4, 0.5) is 0 Å². The van der Waals surface area contributed by atoms with Crippen molar-refractivity contribution >= 4 is 0 Å². The highest BCUT2D eigenvalue weighted by Crippen LogP contribution is 2.56. The van der Waals surface area contributed by atoms with E-state index in [0.29, 0.717) is 0 Å². The van der Waals surface area contributed by atoms with E-state index in [4.69, 9.17) is 4.98 Å². The van der Waals surface area contributed by atoms with Gasteiger partial charge in [-0.15, -0.1) is 0 Å². The molecule has 0 amide bonds. The molecule has 1 saturated carbocycles. The Morgan fingerprint density at radius 1 is 0.760 bits per heavy atom. The van der Waals surface area contributed by atoms with Gasteiger partial charge in [0.2, 0.25) is 0 Å². The number of nitrogens with zero attached hydrogens (tertiary/aromatic N) is 1. The van der Waals surface area contributed by atoms with Crippen molar-refractivity contribution in [1.29, 1.82) is 0 Å². The molecule has 4 rings (SSSR count). The van der Waals surface area contributed by atoms with Crippen LogP contribution in [0.2, 0.25) is 0 Å². The van der Waals surface area contributed by atoms with E-state index in [1.807, 2.05) is 6.20 Å². The van der Waals surface area contributed by atoms with Gasteiger partial charge in [-0.2, -0.15) is 0 Å². The van der Waals surface area contributed by atoms with E-state index in [9.17, 15) is 0 Å². The molecule has 132 valence electrons. The summed E-state index contributed by atoms with van der Waals surface area (Å²) in [4.78, 5) is 4.81. The van der Waals surface area contributed by atoms with Crippen molar-refractivity contribution in [1.82, 2.24) is 4.98 Å². The summed E-state index contributed by atoms with van der Waals surface area (Å²) in [5.41, 5.74) is 9.32. The zero-order valence-corrected chi connectivity index (χ0v) is 16.7. The van der Waals surface area contributed by atoms with Gasteiger partial charge >= 0.3 is 0 Å². The minimum Gasteiger partial charge on any atom is -0.260 e. The molecule has 0 aliphatic heterocycles. The molecule has 0 bridgehead atoms. The van der Waals surface area contributed by atoms with Crippen molar-refractivity contribution in [2.24, 2.45) is 0 Å². The molecule has 1 heteroatoms. The number of hydrogen-bond donors (Lipinski definition) is 0. The Labute approximate surface area is 152 Å². The molecule has 0 unspecified atom stereocenters. The highest BCUT2D eigenvalue weighted by Gasteiger charge is 2.49. The molecule has 25 heavy (non-hydrogen) atoms. The van der Waals surface area contributed by atoms with E-state index in [1.54, 1.807) is 11.1 Å². The van der Waals surface area contributed by atoms with Gasteiger partial charge in [-0.25, -0.2) is 0 Å². The van der Waals surface area contributed by atoms with Crippen LogP contribution in [0, 0.1) is 13.8 Å². The third kappa shape index (κ3) is 2.55. The van der Waals surface area contributed by atoms with Crippen molar-refractivity contribution in [3.8, 4) is 0 Å².